The minimum atomic E-state index is -0.0603. The van der Waals surface area contributed by atoms with Gasteiger partial charge in [-0.1, -0.05) is 0 Å². The third kappa shape index (κ3) is 4.17. The lowest BCUT2D eigenvalue weighted by Crippen LogP contribution is -2.24. The molecular formula is C19H18N4O2S2. The fourth-order valence-electron chi connectivity index (χ4n) is 2.66. The summed E-state index contributed by atoms with van der Waals surface area (Å²) in [5.41, 5.74) is 2.64. The van der Waals surface area contributed by atoms with E-state index in [2.05, 4.69) is 15.3 Å². The lowest BCUT2D eigenvalue weighted by molar-refractivity contribution is -0.120. The molecule has 8 heteroatoms. The molecular weight excluding hydrogens is 380 g/mol. The molecule has 6 nitrogen and oxygen atoms in total. The molecule has 0 saturated heterocycles. The van der Waals surface area contributed by atoms with Crippen LogP contribution in [0, 0.1) is 0 Å². The molecule has 3 aromatic heterocycles. The van der Waals surface area contributed by atoms with Gasteiger partial charge in [-0.15, -0.1) is 22.7 Å². The fourth-order valence-corrected chi connectivity index (χ4v) is 4.20. The number of thiazole rings is 2. The third-order valence-corrected chi connectivity index (χ3v) is 5.63. The number of nitrogens with one attached hydrogen (secondary N) is 1. The number of ether oxygens (including phenoxy) is 1. The Bertz CT molecular complexity index is 1020. The highest BCUT2D eigenvalue weighted by atomic mass is 32.1. The zero-order chi connectivity index (χ0) is 18.6. The molecule has 3 heterocycles. The Balaban J connectivity index is 1.34. The Labute approximate surface area is 164 Å². The van der Waals surface area contributed by atoms with Crippen LogP contribution in [0.3, 0.4) is 0 Å². The number of amides is 1. The lowest BCUT2D eigenvalue weighted by Gasteiger charge is -2.03. The maximum absolute atomic E-state index is 12.2. The first-order chi connectivity index (χ1) is 13.2. The van der Waals surface area contributed by atoms with E-state index in [1.165, 1.54) is 11.3 Å². The van der Waals surface area contributed by atoms with Crippen molar-refractivity contribution in [3.63, 3.8) is 0 Å². The number of carbonyl (C=O) groups is 1. The van der Waals surface area contributed by atoms with E-state index in [0.717, 1.165) is 32.7 Å². The van der Waals surface area contributed by atoms with Gasteiger partial charge in [0, 0.05) is 28.7 Å². The van der Waals surface area contributed by atoms with Crippen LogP contribution in [0.2, 0.25) is 0 Å². The van der Waals surface area contributed by atoms with Crippen LogP contribution >= 0.6 is 22.7 Å². The minimum Gasteiger partial charge on any atom is -0.494 e. The minimum absolute atomic E-state index is 0.0603. The highest BCUT2D eigenvalue weighted by Crippen LogP contribution is 2.26. The standard InChI is InChI=1S/C19H18N4O2S2/c1-2-25-16-5-3-13(4-6-16)18-21-14(12-27-18)9-17(24)20-10-15-11-23-7-8-26-19(23)22-15/h3-8,11-12H,2,9-10H2,1H3,(H,20,24). The average molecular weight is 399 g/mol. The van der Waals surface area contributed by atoms with Crippen molar-refractivity contribution in [2.75, 3.05) is 6.61 Å². The second kappa shape index (κ2) is 7.89. The van der Waals surface area contributed by atoms with E-state index < -0.39 is 0 Å². The van der Waals surface area contributed by atoms with E-state index in [9.17, 15) is 4.79 Å². The van der Waals surface area contributed by atoms with E-state index >= 15 is 0 Å². The molecule has 1 aromatic carbocycles. The van der Waals surface area contributed by atoms with Gasteiger partial charge in [0.15, 0.2) is 4.96 Å². The van der Waals surface area contributed by atoms with Gasteiger partial charge in [0.2, 0.25) is 5.91 Å². The summed E-state index contributed by atoms with van der Waals surface area (Å²) in [5, 5.41) is 7.71. The summed E-state index contributed by atoms with van der Waals surface area (Å²) in [6.45, 7) is 3.03. The van der Waals surface area contributed by atoms with E-state index in [-0.39, 0.29) is 12.3 Å². The first-order valence-electron chi connectivity index (χ1n) is 8.56. The van der Waals surface area contributed by atoms with Gasteiger partial charge in [-0.05, 0) is 31.2 Å². The van der Waals surface area contributed by atoms with Crippen LogP contribution < -0.4 is 10.1 Å². The van der Waals surface area contributed by atoms with Gasteiger partial charge >= 0.3 is 0 Å². The highest BCUT2D eigenvalue weighted by molar-refractivity contribution is 7.15. The van der Waals surface area contributed by atoms with Crippen LogP contribution in [-0.4, -0.2) is 26.9 Å². The number of aromatic nitrogens is 3. The third-order valence-electron chi connectivity index (χ3n) is 3.92. The van der Waals surface area contributed by atoms with Crippen molar-refractivity contribution in [1.82, 2.24) is 19.7 Å². The van der Waals surface area contributed by atoms with Gasteiger partial charge in [-0.25, -0.2) is 9.97 Å². The molecule has 0 aliphatic carbocycles. The molecule has 4 aromatic rings. The molecule has 4 rings (SSSR count). The van der Waals surface area contributed by atoms with Crippen molar-refractivity contribution in [2.45, 2.75) is 19.9 Å². The van der Waals surface area contributed by atoms with Crippen molar-refractivity contribution in [3.05, 3.63) is 58.8 Å². The summed E-state index contributed by atoms with van der Waals surface area (Å²) in [5.74, 6) is 0.784. The molecule has 0 spiro atoms. The van der Waals surface area contributed by atoms with Crippen molar-refractivity contribution in [1.29, 1.82) is 0 Å². The van der Waals surface area contributed by atoms with Crippen molar-refractivity contribution < 1.29 is 9.53 Å². The van der Waals surface area contributed by atoms with Gasteiger partial charge in [-0.2, -0.15) is 0 Å². The lowest BCUT2D eigenvalue weighted by atomic mass is 10.2. The van der Waals surface area contributed by atoms with E-state index in [1.807, 2.05) is 58.7 Å². The number of carbonyl (C=O) groups excluding carboxylic acids is 1. The molecule has 1 amide bonds. The molecule has 27 heavy (non-hydrogen) atoms. The van der Waals surface area contributed by atoms with Gasteiger partial charge in [0.1, 0.15) is 10.8 Å². The zero-order valence-corrected chi connectivity index (χ0v) is 16.3. The normalized spacial score (nSPS) is 11.0. The van der Waals surface area contributed by atoms with E-state index in [4.69, 9.17) is 4.74 Å². The molecule has 0 bridgehead atoms. The summed E-state index contributed by atoms with van der Waals surface area (Å²) in [6.07, 6.45) is 4.14. The first kappa shape index (κ1) is 17.7. The first-order valence-corrected chi connectivity index (χ1v) is 10.3. The van der Waals surface area contributed by atoms with Crippen LogP contribution in [0.1, 0.15) is 18.3 Å². The Morgan fingerprint density at radius 2 is 2.04 bits per heavy atom. The van der Waals surface area contributed by atoms with Crippen LogP contribution in [0.5, 0.6) is 5.75 Å². The molecule has 0 unspecified atom stereocenters. The van der Waals surface area contributed by atoms with Crippen LogP contribution in [0.15, 0.2) is 47.4 Å². The monoisotopic (exact) mass is 398 g/mol. The summed E-state index contributed by atoms with van der Waals surface area (Å²) < 4.78 is 7.41. The number of imidazole rings is 1. The topological polar surface area (TPSA) is 68.5 Å². The molecule has 0 aliphatic heterocycles. The largest absolute Gasteiger partial charge is 0.494 e. The van der Waals surface area contributed by atoms with Gasteiger partial charge in [-0.3, -0.25) is 9.20 Å². The maximum Gasteiger partial charge on any atom is 0.226 e. The number of nitrogens with zero attached hydrogens (tertiary/aromatic N) is 3. The summed E-state index contributed by atoms with van der Waals surface area (Å²) >= 11 is 3.11. The maximum atomic E-state index is 12.2. The number of hydrogen-bond donors (Lipinski definition) is 1. The molecule has 0 fully saturated rings. The quantitative estimate of drug-likeness (QED) is 0.514. The Morgan fingerprint density at radius 3 is 2.81 bits per heavy atom. The van der Waals surface area contributed by atoms with Crippen LogP contribution in [0.4, 0.5) is 0 Å². The Morgan fingerprint density at radius 1 is 1.19 bits per heavy atom. The molecule has 138 valence electrons. The molecule has 0 atom stereocenters. The number of benzene rings is 1. The molecule has 0 aliphatic rings. The highest BCUT2D eigenvalue weighted by Gasteiger charge is 2.10. The summed E-state index contributed by atoms with van der Waals surface area (Å²) in [6, 6.07) is 7.83. The molecule has 0 radical (unpaired) electrons. The van der Waals surface area contributed by atoms with E-state index in [0.29, 0.717) is 13.2 Å². The predicted octanol–water partition coefficient (Wildman–Crippen LogP) is 3.78. The van der Waals surface area contributed by atoms with Crippen LogP contribution in [-0.2, 0) is 17.8 Å². The fraction of sp³-hybridized carbons (Fsp3) is 0.211. The zero-order valence-electron chi connectivity index (χ0n) is 14.7. The van der Waals surface area contributed by atoms with Gasteiger partial charge in [0.05, 0.1) is 31.0 Å². The Kier molecular flexibility index (Phi) is 5.17. The second-order valence-corrected chi connectivity index (χ2v) is 7.61. The van der Waals surface area contributed by atoms with Gasteiger partial charge in [0.25, 0.3) is 0 Å². The van der Waals surface area contributed by atoms with Crippen molar-refractivity contribution in [3.8, 4) is 16.3 Å². The molecule has 0 saturated carbocycles. The van der Waals surface area contributed by atoms with Crippen molar-refractivity contribution >= 4 is 33.5 Å². The predicted molar refractivity (Wildman–Crippen MR) is 107 cm³/mol. The average Bonchev–Trinajstić information content (AvgIpc) is 3.37. The van der Waals surface area contributed by atoms with Gasteiger partial charge < -0.3 is 10.1 Å². The number of hydrogen-bond acceptors (Lipinski definition) is 6. The Hall–Kier alpha value is -2.71. The number of fused-ring (bicyclic) bond motifs is 1. The molecule has 1 N–H and O–H groups in total. The smallest absolute Gasteiger partial charge is 0.226 e. The number of rotatable bonds is 7. The van der Waals surface area contributed by atoms with Crippen LogP contribution in [0.25, 0.3) is 15.5 Å². The van der Waals surface area contributed by atoms with E-state index in [1.54, 1.807) is 11.3 Å². The second-order valence-electron chi connectivity index (χ2n) is 5.88. The SMILES string of the molecule is CCOc1ccc(-c2nc(CC(=O)NCc3cn4ccsc4n3)cs2)cc1. The summed E-state index contributed by atoms with van der Waals surface area (Å²) in [4.78, 5) is 22.2. The summed E-state index contributed by atoms with van der Waals surface area (Å²) in [7, 11) is 0. The van der Waals surface area contributed by atoms with Crippen molar-refractivity contribution in [2.24, 2.45) is 0 Å².